The molecule has 0 atom stereocenters. The Morgan fingerprint density at radius 1 is 1.18 bits per heavy atom. The number of ether oxygens (including phenoxy) is 2. The lowest BCUT2D eigenvalue weighted by Crippen LogP contribution is -2.00. The Morgan fingerprint density at radius 2 is 1.91 bits per heavy atom. The summed E-state index contributed by atoms with van der Waals surface area (Å²) >= 11 is 3.41. The summed E-state index contributed by atoms with van der Waals surface area (Å²) in [4.78, 5) is 12.3. The number of methoxy groups -OCH3 is 2. The van der Waals surface area contributed by atoms with Gasteiger partial charge in [0.15, 0.2) is 5.78 Å². The fraction of sp³-hybridized carbons (Fsp3) is 0.118. The lowest BCUT2D eigenvalue weighted by Gasteiger charge is -2.10. The van der Waals surface area contributed by atoms with Crippen LogP contribution in [0.4, 0.5) is 0 Å². The molecule has 22 heavy (non-hydrogen) atoms. The normalized spacial score (nSPS) is 10.7. The zero-order chi connectivity index (χ0) is 16.1. The highest BCUT2D eigenvalue weighted by Gasteiger charge is 2.17. The summed E-state index contributed by atoms with van der Waals surface area (Å²) < 4.78 is 11.1. The zero-order valence-electron chi connectivity index (χ0n) is 12.2. The van der Waals surface area contributed by atoms with Gasteiger partial charge < -0.3 is 14.6 Å². The third kappa shape index (κ3) is 3.49. The molecule has 5 heteroatoms. The van der Waals surface area contributed by atoms with Gasteiger partial charge in [0.1, 0.15) is 22.8 Å². The van der Waals surface area contributed by atoms with Crippen molar-refractivity contribution < 1.29 is 19.4 Å². The van der Waals surface area contributed by atoms with Gasteiger partial charge in [-0.15, -0.1) is 0 Å². The summed E-state index contributed by atoms with van der Waals surface area (Å²) in [5.74, 6) is 0.144. The molecule has 0 spiro atoms. The molecule has 2 rings (SSSR count). The summed E-state index contributed by atoms with van der Waals surface area (Å²) in [6.45, 7) is 0. The van der Waals surface area contributed by atoms with Crippen LogP contribution < -0.4 is 9.47 Å². The van der Waals surface area contributed by atoms with Crippen LogP contribution >= 0.6 is 15.9 Å². The third-order valence-corrected chi connectivity index (χ3v) is 3.80. The second-order valence-electron chi connectivity index (χ2n) is 4.44. The van der Waals surface area contributed by atoms with Crippen LogP contribution in [-0.2, 0) is 0 Å². The lowest BCUT2D eigenvalue weighted by atomic mass is 10.1. The molecule has 2 aromatic carbocycles. The molecule has 0 aliphatic rings. The molecular weight excluding hydrogens is 348 g/mol. The van der Waals surface area contributed by atoms with Gasteiger partial charge in [-0.3, -0.25) is 4.79 Å². The summed E-state index contributed by atoms with van der Waals surface area (Å²) in [7, 11) is 2.91. The van der Waals surface area contributed by atoms with Crippen LogP contribution in [0, 0.1) is 0 Å². The Morgan fingerprint density at radius 3 is 2.55 bits per heavy atom. The fourth-order valence-electron chi connectivity index (χ4n) is 1.96. The molecule has 0 saturated heterocycles. The van der Waals surface area contributed by atoms with Crippen molar-refractivity contribution >= 4 is 27.8 Å². The predicted molar refractivity (Wildman–Crippen MR) is 88.7 cm³/mol. The number of hydrogen-bond donors (Lipinski definition) is 1. The first-order valence-corrected chi connectivity index (χ1v) is 7.28. The molecule has 0 saturated carbocycles. The molecule has 0 aromatic heterocycles. The molecule has 0 fully saturated rings. The molecule has 0 bridgehead atoms. The summed E-state index contributed by atoms with van der Waals surface area (Å²) in [6, 6.07) is 10.5. The van der Waals surface area contributed by atoms with Crippen LogP contribution in [0.1, 0.15) is 15.9 Å². The van der Waals surface area contributed by atoms with E-state index in [0.717, 1.165) is 10.0 Å². The Hall–Kier alpha value is -2.27. The minimum absolute atomic E-state index is 0.103. The van der Waals surface area contributed by atoms with Gasteiger partial charge in [0, 0.05) is 16.6 Å². The predicted octanol–water partition coefficient (Wildman–Crippen LogP) is 4.07. The van der Waals surface area contributed by atoms with Crippen molar-refractivity contribution in [2.45, 2.75) is 0 Å². The highest BCUT2D eigenvalue weighted by molar-refractivity contribution is 9.10. The molecule has 0 aliphatic heterocycles. The van der Waals surface area contributed by atoms with Crippen molar-refractivity contribution in [3.63, 3.8) is 0 Å². The largest absolute Gasteiger partial charge is 0.507 e. The number of phenolic OH excluding ortho intramolecular Hbond substituents is 1. The van der Waals surface area contributed by atoms with Gasteiger partial charge in [-0.25, -0.2) is 0 Å². The zero-order valence-corrected chi connectivity index (χ0v) is 13.8. The number of phenols is 1. The highest BCUT2D eigenvalue weighted by atomic mass is 79.9. The van der Waals surface area contributed by atoms with E-state index in [4.69, 9.17) is 9.47 Å². The van der Waals surface area contributed by atoms with Crippen LogP contribution in [0.3, 0.4) is 0 Å². The molecule has 0 unspecified atom stereocenters. The maximum Gasteiger partial charge on any atom is 0.193 e. The molecule has 0 heterocycles. The maximum absolute atomic E-state index is 12.3. The van der Waals surface area contributed by atoms with Gasteiger partial charge in [-0.2, -0.15) is 0 Å². The standard InChI is InChI=1S/C17H15BrO4/c1-21-12-9-15(20)17(16(10-12)22-2)14(19)8-7-11-5-3-4-6-13(11)18/h3-10,20H,1-2H3/b8-7+. The molecule has 1 N–H and O–H groups in total. The monoisotopic (exact) mass is 362 g/mol. The van der Waals surface area contributed by atoms with E-state index in [9.17, 15) is 9.90 Å². The van der Waals surface area contributed by atoms with Gasteiger partial charge in [0.05, 0.1) is 14.2 Å². The van der Waals surface area contributed by atoms with Crippen molar-refractivity contribution in [1.82, 2.24) is 0 Å². The fourth-order valence-corrected chi connectivity index (χ4v) is 2.38. The quantitative estimate of drug-likeness (QED) is 0.643. The first-order valence-electron chi connectivity index (χ1n) is 6.48. The number of aromatic hydroxyl groups is 1. The Bertz CT molecular complexity index is 723. The topological polar surface area (TPSA) is 55.8 Å². The second kappa shape index (κ2) is 7.13. The molecule has 2 aromatic rings. The van der Waals surface area contributed by atoms with E-state index in [0.29, 0.717) is 5.75 Å². The number of ketones is 1. The number of carbonyl (C=O) groups excluding carboxylic acids is 1. The van der Waals surface area contributed by atoms with Crippen LogP contribution in [0.15, 0.2) is 46.9 Å². The first kappa shape index (κ1) is 16.1. The summed E-state index contributed by atoms with van der Waals surface area (Å²) in [6.07, 6.45) is 3.07. The average Bonchev–Trinajstić information content (AvgIpc) is 2.52. The molecule has 0 radical (unpaired) electrons. The van der Waals surface area contributed by atoms with E-state index in [-0.39, 0.29) is 22.8 Å². The summed E-state index contributed by atoms with van der Waals surface area (Å²) in [5.41, 5.74) is 0.967. The number of allylic oxidation sites excluding steroid dienone is 1. The minimum atomic E-state index is -0.354. The van der Waals surface area contributed by atoms with E-state index in [2.05, 4.69) is 15.9 Å². The van der Waals surface area contributed by atoms with Gasteiger partial charge in [-0.05, 0) is 23.8 Å². The van der Waals surface area contributed by atoms with Crippen LogP contribution in [-0.4, -0.2) is 25.1 Å². The van der Waals surface area contributed by atoms with Crippen molar-refractivity contribution in [2.24, 2.45) is 0 Å². The molecule has 4 nitrogen and oxygen atoms in total. The first-order chi connectivity index (χ1) is 10.6. The van der Waals surface area contributed by atoms with Gasteiger partial charge in [-0.1, -0.05) is 34.1 Å². The molecule has 0 aliphatic carbocycles. The van der Waals surface area contributed by atoms with E-state index in [1.807, 2.05) is 24.3 Å². The van der Waals surface area contributed by atoms with Gasteiger partial charge in [0.2, 0.25) is 0 Å². The van der Waals surface area contributed by atoms with E-state index in [1.165, 1.54) is 26.4 Å². The maximum atomic E-state index is 12.3. The van der Waals surface area contributed by atoms with E-state index >= 15 is 0 Å². The third-order valence-electron chi connectivity index (χ3n) is 3.08. The minimum Gasteiger partial charge on any atom is -0.507 e. The second-order valence-corrected chi connectivity index (χ2v) is 5.30. The van der Waals surface area contributed by atoms with Crippen molar-refractivity contribution in [3.05, 3.63) is 58.1 Å². The number of rotatable bonds is 5. The highest BCUT2D eigenvalue weighted by Crippen LogP contribution is 2.34. The van der Waals surface area contributed by atoms with Gasteiger partial charge >= 0.3 is 0 Å². The van der Waals surface area contributed by atoms with Crippen molar-refractivity contribution in [1.29, 1.82) is 0 Å². The molecule has 114 valence electrons. The number of benzene rings is 2. The molecular formula is C17H15BrO4. The van der Waals surface area contributed by atoms with Crippen LogP contribution in [0.25, 0.3) is 6.08 Å². The Kier molecular flexibility index (Phi) is 5.22. The summed E-state index contributed by atoms with van der Waals surface area (Å²) in [5, 5.41) is 10.0. The van der Waals surface area contributed by atoms with E-state index < -0.39 is 0 Å². The van der Waals surface area contributed by atoms with Crippen LogP contribution in [0.2, 0.25) is 0 Å². The van der Waals surface area contributed by atoms with E-state index in [1.54, 1.807) is 12.1 Å². The molecule has 0 amide bonds. The smallest absolute Gasteiger partial charge is 0.193 e. The number of halogens is 1. The van der Waals surface area contributed by atoms with Crippen molar-refractivity contribution in [3.8, 4) is 17.2 Å². The Labute approximate surface area is 137 Å². The lowest BCUT2D eigenvalue weighted by molar-refractivity contribution is 0.104. The van der Waals surface area contributed by atoms with Crippen molar-refractivity contribution in [2.75, 3.05) is 14.2 Å². The number of hydrogen-bond acceptors (Lipinski definition) is 4. The number of carbonyl (C=O) groups is 1. The SMILES string of the molecule is COc1cc(O)c(C(=O)/C=C/c2ccccc2Br)c(OC)c1. The average molecular weight is 363 g/mol. The van der Waals surface area contributed by atoms with Crippen LogP contribution in [0.5, 0.6) is 17.2 Å². The Balaban J connectivity index is 2.36. The van der Waals surface area contributed by atoms with Gasteiger partial charge in [0.25, 0.3) is 0 Å².